The number of nitrogens with two attached hydrogens (primary N) is 2. The van der Waals surface area contributed by atoms with Gasteiger partial charge in [-0.05, 0) is 93.1 Å². The third kappa shape index (κ3) is 2.87. The summed E-state index contributed by atoms with van der Waals surface area (Å²) in [6.07, 6.45) is 4.22. The number of ketones is 1. The Labute approximate surface area is 186 Å². The first-order valence-electron chi connectivity index (χ1n) is 10.6. The fraction of sp³-hybridized carbons (Fsp3) is 0. The molecule has 0 heterocycles. The number of anilines is 2. The Morgan fingerprint density at radius 3 is 1.44 bits per heavy atom. The molecule has 6 rings (SSSR count). The van der Waals surface area contributed by atoms with E-state index in [1.165, 1.54) is 0 Å². The van der Waals surface area contributed by atoms with Gasteiger partial charge in [0.05, 0.1) is 0 Å². The van der Waals surface area contributed by atoms with E-state index in [1.54, 1.807) is 0 Å². The number of nitrogen functional groups attached to an aromatic ring is 2. The van der Waals surface area contributed by atoms with Crippen LogP contribution in [0.4, 0.5) is 11.4 Å². The van der Waals surface area contributed by atoms with Crippen LogP contribution in [0, 0.1) is 0 Å². The lowest BCUT2D eigenvalue weighted by Gasteiger charge is -2.22. The predicted molar refractivity (Wildman–Crippen MR) is 132 cm³/mol. The van der Waals surface area contributed by atoms with E-state index >= 15 is 0 Å². The van der Waals surface area contributed by atoms with Crippen LogP contribution in [-0.2, 0) is 0 Å². The quantitative estimate of drug-likeness (QED) is 0.280. The number of hydrogen-bond donors (Lipinski definition) is 2. The van der Waals surface area contributed by atoms with E-state index in [2.05, 4.69) is 24.3 Å². The molecule has 2 aliphatic rings. The fourth-order valence-corrected chi connectivity index (χ4v) is 4.51. The molecular formula is C29H20N2O. The van der Waals surface area contributed by atoms with Crippen LogP contribution < -0.4 is 11.5 Å². The minimum Gasteiger partial charge on any atom is -0.399 e. The molecule has 0 aromatic heterocycles. The van der Waals surface area contributed by atoms with Crippen molar-refractivity contribution in [3.8, 4) is 0 Å². The zero-order valence-electron chi connectivity index (χ0n) is 17.3. The highest BCUT2D eigenvalue weighted by atomic mass is 16.1. The van der Waals surface area contributed by atoms with Crippen LogP contribution in [0.1, 0.15) is 49.3 Å². The van der Waals surface area contributed by atoms with E-state index in [0.717, 1.165) is 55.9 Å². The van der Waals surface area contributed by atoms with Crippen LogP contribution in [0.5, 0.6) is 0 Å². The zero-order chi connectivity index (χ0) is 21.8. The van der Waals surface area contributed by atoms with Crippen molar-refractivity contribution in [2.45, 2.75) is 0 Å². The molecular weight excluding hydrogens is 392 g/mol. The highest BCUT2D eigenvalue weighted by Crippen LogP contribution is 2.40. The van der Waals surface area contributed by atoms with Crippen molar-refractivity contribution in [2.75, 3.05) is 11.5 Å². The van der Waals surface area contributed by atoms with Crippen molar-refractivity contribution in [2.24, 2.45) is 0 Å². The summed E-state index contributed by atoms with van der Waals surface area (Å²) in [6.45, 7) is 0. The summed E-state index contributed by atoms with van der Waals surface area (Å²) in [6, 6.07) is 27.6. The van der Waals surface area contributed by atoms with Crippen molar-refractivity contribution in [3.63, 3.8) is 0 Å². The Bertz CT molecular complexity index is 1390. The summed E-state index contributed by atoms with van der Waals surface area (Å²) in [5.41, 5.74) is 23.7. The number of benzene rings is 4. The second-order valence-corrected chi connectivity index (χ2v) is 8.30. The molecule has 0 radical (unpaired) electrons. The van der Waals surface area contributed by atoms with Crippen molar-refractivity contribution < 1.29 is 4.79 Å². The van der Waals surface area contributed by atoms with Crippen LogP contribution in [-0.4, -0.2) is 5.78 Å². The second kappa shape index (κ2) is 6.82. The summed E-state index contributed by atoms with van der Waals surface area (Å²) in [4.78, 5) is 13.1. The maximum absolute atomic E-state index is 13.1. The Morgan fingerprint density at radius 2 is 1.03 bits per heavy atom. The summed E-state index contributed by atoms with van der Waals surface area (Å²) in [5.74, 6) is 0.0345. The number of rotatable bonds is 4. The van der Waals surface area contributed by atoms with Gasteiger partial charge in [-0.15, -0.1) is 0 Å². The van der Waals surface area contributed by atoms with Crippen LogP contribution in [0.3, 0.4) is 0 Å². The van der Waals surface area contributed by atoms with Crippen molar-refractivity contribution in [1.82, 2.24) is 0 Å². The summed E-state index contributed by atoms with van der Waals surface area (Å²) < 4.78 is 0. The van der Waals surface area contributed by atoms with Gasteiger partial charge in [0.1, 0.15) is 0 Å². The van der Waals surface area contributed by atoms with Gasteiger partial charge in [-0.1, -0.05) is 48.5 Å². The van der Waals surface area contributed by atoms with Gasteiger partial charge in [0.25, 0.3) is 0 Å². The molecule has 0 saturated heterocycles. The van der Waals surface area contributed by atoms with Gasteiger partial charge in [0, 0.05) is 22.5 Å². The molecule has 0 atom stereocenters. The van der Waals surface area contributed by atoms with E-state index in [9.17, 15) is 4.79 Å². The van der Waals surface area contributed by atoms with Crippen LogP contribution in [0.25, 0.3) is 23.3 Å². The number of carbonyl (C=O) groups is 1. The average molecular weight is 412 g/mol. The molecule has 0 saturated carbocycles. The SMILES string of the molecule is Nc1cccc(C2=Cc3cc(C(=O)c4ccc5c(c4)C=C5c4cccc(N)c4)ccc32)c1. The molecule has 0 aliphatic heterocycles. The number of hydrogen-bond acceptors (Lipinski definition) is 3. The third-order valence-corrected chi connectivity index (χ3v) is 6.20. The van der Waals surface area contributed by atoms with E-state index in [-0.39, 0.29) is 5.78 Å². The molecule has 4 aromatic carbocycles. The molecule has 0 spiro atoms. The standard InChI is InChI=1S/C29H20N2O/c30-23-5-1-3-17(13-23)27-15-21-11-19(7-9-25(21)27)29(32)20-8-10-26-22(12-20)16-28(26)18-4-2-6-24(31)14-18/h1-16H,30-31H2. The lowest BCUT2D eigenvalue weighted by Crippen LogP contribution is -2.08. The number of fused-ring (bicyclic) bond motifs is 2. The maximum Gasteiger partial charge on any atom is 0.193 e. The summed E-state index contributed by atoms with van der Waals surface area (Å²) in [7, 11) is 0. The first kappa shape index (κ1) is 18.4. The predicted octanol–water partition coefficient (Wildman–Crippen LogP) is 5.89. The first-order valence-corrected chi connectivity index (χ1v) is 10.6. The smallest absolute Gasteiger partial charge is 0.193 e. The molecule has 4 N–H and O–H groups in total. The minimum atomic E-state index is 0.0345. The van der Waals surface area contributed by atoms with E-state index in [0.29, 0.717) is 11.1 Å². The van der Waals surface area contributed by atoms with Gasteiger partial charge in [0.15, 0.2) is 5.78 Å². The third-order valence-electron chi connectivity index (χ3n) is 6.20. The molecule has 0 unspecified atom stereocenters. The Hall–Kier alpha value is -4.37. The highest BCUT2D eigenvalue weighted by molar-refractivity contribution is 6.13. The van der Waals surface area contributed by atoms with E-state index in [1.807, 2.05) is 72.8 Å². The summed E-state index contributed by atoms with van der Waals surface area (Å²) in [5, 5.41) is 0. The van der Waals surface area contributed by atoms with Crippen molar-refractivity contribution in [3.05, 3.63) is 129 Å². The minimum absolute atomic E-state index is 0.0345. The Morgan fingerprint density at radius 1 is 0.562 bits per heavy atom. The first-order chi connectivity index (χ1) is 15.6. The van der Waals surface area contributed by atoms with Crippen LogP contribution in [0.15, 0.2) is 84.9 Å². The molecule has 4 aromatic rings. The molecule has 32 heavy (non-hydrogen) atoms. The molecule has 0 bridgehead atoms. The topological polar surface area (TPSA) is 69.1 Å². The van der Waals surface area contributed by atoms with Crippen molar-refractivity contribution in [1.29, 1.82) is 0 Å². The van der Waals surface area contributed by atoms with Gasteiger partial charge >= 0.3 is 0 Å². The molecule has 3 heteroatoms. The van der Waals surface area contributed by atoms with E-state index in [4.69, 9.17) is 11.5 Å². The average Bonchev–Trinajstić information content (AvgIpc) is 2.75. The molecule has 2 aliphatic carbocycles. The lowest BCUT2D eigenvalue weighted by molar-refractivity contribution is 0.103. The molecule has 0 fully saturated rings. The van der Waals surface area contributed by atoms with Crippen LogP contribution in [0.2, 0.25) is 0 Å². The highest BCUT2D eigenvalue weighted by Gasteiger charge is 2.23. The van der Waals surface area contributed by atoms with Gasteiger partial charge in [-0.25, -0.2) is 0 Å². The van der Waals surface area contributed by atoms with E-state index < -0.39 is 0 Å². The monoisotopic (exact) mass is 412 g/mol. The second-order valence-electron chi connectivity index (χ2n) is 8.30. The Balaban J connectivity index is 1.25. The normalized spacial score (nSPS) is 13.1. The molecule has 0 amide bonds. The zero-order valence-corrected chi connectivity index (χ0v) is 17.3. The van der Waals surface area contributed by atoms with Gasteiger partial charge in [-0.3, -0.25) is 4.79 Å². The molecule has 3 nitrogen and oxygen atoms in total. The van der Waals surface area contributed by atoms with Crippen molar-refractivity contribution >= 4 is 40.5 Å². The number of carbonyl (C=O) groups excluding carboxylic acids is 1. The fourth-order valence-electron chi connectivity index (χ4n) is 4.51. The maximum atomic E-state index is 13.1. The van der Waals surface area contributed by atoms with Gasteiger partial charge in [0.2, 0.25) is 0 Å². The molecule has 152 valence electrons. The van der Waals surface area contributed by atoms with Gasteiger partial charge in [-0.2, -0.15) is 0 Å². The lowest BCUT2D eigenvalue weighted by atomic mass is 9.81. The summed E-state index contributed by atoms with van der Waals surface area (Å²) >= 11 is 0. The van der Waals surface area contributed by atoms with Gasteiger partial charge < -0.3 is 11.5 Å². The van der Waals surface area contributed by atoms with Crippen LogP contribution >= 0.6 is 0 Å². The Kier molecular flexibility index (Phi) is 3.92. The largest absolute Gasteiger partial charge is 0.399 e.